The molecule has 2 saturated heterocycles. The van der Waals surface area contributed by atoms with E-state index in [2.05, 4.69) is 19.9 Å². The third-order valence-corrected chi connectivity index (χ3v) is 4.28. The molecule has 2 atom stereocenters. The molecule has 0 radical (unpaired) electrons. The van der Waals surface area contributed by atoms with E-state index in [9.17, 15) is 4.79 Å². The first-order valence-corrected chi connectivity index (χ1v) is 7.54. The molecule has 8 heteroatoms. The monoisotopic (exact) mass is 315 g/mol. The first kappa shape index (κ1) is 14.3. The highest BCUT2D eigenvalue weighted by Crippen LogP contribution is 2.25. The molecule has 2 aliphatic heterocycles. The van der Waals surface area contributed by atoms with Crippen LogP contribution in [0, 0.1) is 0 Å². The van der Waals surface area contributed by atoms with Crippen molar-refractivity contribution in [3.05, 3.63) is 35.0 Å². The molecule has 4 heterocycles. The van der Waals surface area contributed by atoms with Crippen LogP contribution in [0.4, 0.5) is 5.95 Å². The second-order valence-electron chi connectivity index (χ2n) is 5.64. The van der Waals surface area contributed by atoms with E-state index in [0.717, 1.165) is 0 Å². The third kappa shape index (κ3) is 2.49. The van der Waals surface area contributed by atoms with Gasteiger partial charge in [0, 0.05) is 25.9 Å². The molecule has 0 aliphatic carbocycles. The summed E-state index contributed by atoms with van der Waals surface area (Å²) in [5.41, 5.74) is 1.06. The van der Waals surface area contributed by atoms with Crippen LogP contribution in [-0.4, -0.2) is 58.0 Å². The third-order valence-electron chi connectivity index (χ3n) is 4.28. The number of rotatable bonds is 2. The predicted octanol–water partition coefficient (Wildman–Crippen LogP) is -0.159. The maximum absolute atomic E-state index is 12.4. The van der Waals surface area contributed by atoms with Gasteiger partial charge in [0.05, 0.1) is 37.3 Å². The van der Waals surface area contributed by atoms with E-state index in [4.69, 9.17) is 9.47 Å². The largest absolute Gasteiger partial charge is 0.376 e. The summed E-state index contributed by atoms with van der Waals surface area (Å²) in [6.45, 7) is 2.44. The lowest BCUT2D eigenvalue weighted by Gasteiger charge is -2.37. The highest BCUT2D eigenvalue weighted by molar-refractivity contribution is 5.55. The van der Waals surface area contributed by atoms with Crippen LogP contribution in [0.5, 0.6) is 0 Å². The van der Waals surface area contributed by atoms with Gasteiger partial charge in [0.25, 0.3) is 5.56 Å². The van der Waals surface area contributed by atoms with E-state index in [1.165, 1.54) is 12.4 Å². The van der Waals surface area contributed by atoms with Crippen LogP contribution in [0.3, 0.4) is 0 Å². The summed E-state index contributed by atoms with van der Waals surface area (Å²) in [5, 5.41) is 0. The Kier molecular flexibility index (Phi) is 3.55. The van der Waals surface area contributed by atoms with Crippen molar-refractivity contribution < 1.29 is 9.47 Å². The number of anilines is 1. The standard InChI is InChI=1S/C15H17N5O3/c1-19-14(21)6-11(10-2-3-16-9-17-10)18-15(19)20-4-5-23-13-8-22-7-12(13)20/h2-3,6,9,12-13H,4-5,7-8H2,1H3/t12-,13-/m1/s1. The van der Waals surface area contributed by atoms with E-state index < -0.39 is 0 Å². The fourth-order valence-corrected chi connectivity index (χ4v) is 3.05. The predicted molar refractivity (Wildman–Crippen MR) is 82.2 cm³/mol. The maximum Gasteiger partial charge on any atom is 0.255 e. The number of morpholine rings is 1. The molecule has 2 aliphatic rings. The first-order valence-electron chi connectivity index (χ1n) is 7.54. The van der Waals surface area contributed by atoms with Crippen molar-refractivity contribution in [2.75, 3.05) is 31.3 Å². The molecule has 23 heavy (non-hydrogen) atoms. The van der Waals surface area contributed by atoms with Crippen LogP contribution in [0.15, 0.2) is 29.5 Å². The molecule has 8 nitrogen and oxygen atoms in total. The molecular weight excluding hydrogens is 298 g/mol. The Morgan fingerprint density at radius 2 is 2.22 bits per heavy atom. The number of nitrogens with zero attached hydrogens (tertiary/aromatic N) is 5. The van der Waals surface area contributed by atoms with Gasteiger partial charge in [0.15, 0.2) is 0 Å². The molecule has 2 aromatic rings. The Bertz CT molecular complexity index is 763. The summed E-state index contributed by atoms with van der Waals surface area (Å²) in [4.78, 5) is 27.2. The highest BCUT2D eigenvalue weighted by Gasteiger charge is 2.38. The van der Waals surface area contributed by atoms with E-state index in [1.807, 2.05) is 0 Å². The molecule has 0 aromatic carbocycles. The molecule has 120 valence electrons. The summed E-state index contributed by atoms with van der Waals surface area (Å²) < 4.78 is 12.8. The number of hydrogen-bond acceptors (Lipinski definition) is 7. The summed E-state index contributed by atoms with van der Waals surface area (Å²) in [7, 11) is 1.73. The number of ether oxygens (including phenoxy) is 2. The zero-order valence-corrected chi connectivity index (χ0v) is 12.8. The molecule has 2 aromatic heterocycles. The van der Waals surface area contributed by atoms with Gasteiger partial charge < -0.3 is 14.4 Å². The summed E-state index contributed by atoms with van der Waals surface area (Å²) in [6, 6.07) is 3.32. The van der Waals surface area contributed by atoms with Gasteiger partial charge >= 0.3 is 0 Å². The van der Waals surface area contributed by atoms with Gasteiger partial charge in [0.1, 0.15) is 12.4 Å². The Labute approximate surface area is 132 Å². The van der Waals surface area contributed by atoms with Crippen molar-refractivity contribution in [1.29, 1.82) is 0 Å². The van der Waals surface area contributed by atoms with Crippen LogP contribution in [-0.2, 0) is 16.5 Å². The Hall–Kier alpha value is -2.32. The van der Waals surface area contributed by atoms with Crippen molar-refractivity contribution in [3.63, 3.8) is 0 Å². The fraction of sp³-hybridized carbons (Fsp3) is 0.467. The minimum absolute atomic E-state index is 0.0309. The SMILES string of the molecule is Cn1c(N2CCO[C@@H]3COC[C@H]32)nc(-c2ccncn2)cc1=O. The lowest BCUT2D eigenvalue weighted by atomic mass is 10.1. The first-order chi connectivity index (χ1) is 11.2. The maximum atomic E-state index is 12.4. The summed E-state index contributed by atoms with van der Waals surface area (Å²) >= 11 is 0. The highest BCUT2D eigenvalue weighted by atomic mass is 16.6. The van der Waals surface area contributed by atoms with Gasteiger partial charge in [-0.2, -0.15) is 0 Å². The molecule has 4 rings (SSSR count). The number of fused-ring (bicyclic) bond motifs is 1. The molecule has 0 saturated carbocycles. The number of hydrogen-bond donors (Lipinski definition) is 0. The van der Waals surface area contributed by atoms with Gasteiger partial charge in [-0.25, -0.2) is 15.0 Å². The Balaban J connectivity index is 1.79. The summed E-state index contributed by atoms with van der Waals surface area (Å²) in [6.07, 6.45) is 3.11. The lowest BCUT2D eigenvalue weighted by Crippen LogP contribution is -2.52. The van der Waals surface area contributed by atoms with Crippen LogP contribution >= 0.6 is 0 Å². The van der Waals surface area contributed by atoms with Crippen molar-refractivity contribution in [2.24, 2.45) is 7.05 Å². The summed E-state index contributed by atoms with van der Waals surface area (Å²) in [5.74, 6) is 0.620. The van der Waals surface area contributed by atoms with Crippen molar-refractivity contribution in [1.82, 2.24) is 19.5 Å². The molecular formula is C15H17N5O3. The van der Waals surface area contributed by atoms with Crippen LogP contribution in [0.2, 0.25) is 0 Å². The van der Waals surface area contributed by atoms with Gasteiger partial charge in [-0.1, -0.05) is 0 Å². The van der Waals surface area contributed by atoms with E-state index >= 15 is 0 Å². The van der Waals surface area contributed by atoms with Crippen molar-refractivity contribution >= 4 is 5.95 Å². The van der Waals surface area contributed by atoms with E-state index in [0.29, 0.717) is 43.7 Å². The molecule has 0 bridgehead atoms. The Morgan fingerprint density at radius 3 is 3.04 bits per heavy atom. The van der Waals surface area contributed by atoms with Gasteiger partial charge in [-0.15, -0.1) is 0 Å². The van der Waals surface area contributed by atoms with Gasteiger partial charge in [-0.3, -0.25) is 9.36 Å². The average Bonchev–Trinajstić information content (AvgIpc) is 3.07. The lowest BCUT2D eigenvalue weighted by molar-refractivity contribution is 0.0217. The topological polar surface area (TPSA) is 82.4 Å². The molecule has 0 spiro atoms. The second kappa shape index (κ2) is 5.71. The quantitative estimate of drug-likeness (QED) is 0.761. The molecule has 0 amide bonds. The van der Waals surface area contributed by atoms with E-state index in [-0.39, 0.29) is 17.7 Å². The van der Waals surface area contributed by atoms with Gasteiger partial charge in [-0.05, 0) is 6.07 Å². The normalized spacial score (nSPS) is 23.8. The minimum atomic E-state index is -0.120. The molecule has 0 N–H and O–H groups in total. The van der Waals surface area contributed by atoms with Gasteiger partial charge in [0.2, 0.25) is 5.95 Å². The van der Waals surface area contributed by atoms with Crippen molar-refractivity contribution in [2.45, 2.75) is 12.1 Å². The number of aromatic nitrogens is 4. The zero-order valence-electron chi connectivity index (χ0n) is 12.8. The zero-order chi connectivity index (χ0) is 15.8. The smallest absolute Gasteiger partial charge is 0.255 e. The average molecular weight is 315 g/mol. The second-order valence-corrected chi connectivity index (χ2v) is 5.64. The van der Waals surface area contributed by atoms with Crippen LogP contribution < -0.4 is 10.5 Å². The van der Waals surface area contributed by atoms with E-state index in [1.54, 1.807) is 23.9 Å². The molecule has 0 unspecified atom stereocenters. The van der Waals surface area contributed by atoms with Crippen LogP contribution in [0.1, 0.15) is 0 Å². The van der Waals surface area contributed by atoms with Crippen molar-refractivity contribution in [3.8, 4) is 11.4 Å². The Morgan fingerprint density at radius 1 is 1.30 bits per heavy atom. The fourth-order valence-electron chi connectivity index (χ4n) is 3.05. The minimum Gasteiger partial charge on any atom is -0.376 e. The molecule has 2 fully saturated rings. The van der Waals surface area contributed by atoms with Crippen LogP contribution in [0.25, 0.3) is 11.4 Å².